The van der Waals surface area contributed by atoms with E-state index in [-0.39, 0.29) is 25.0 Å². The summed E-state index contributed by atoms with van der Waals surface area (Å²) in [5.74, 6) is 0.172. The van der Waals surface area contributed by atoms with Crippen LogP contribution in [0.4, 0.5) is 0 Å². The van der Waals surface area contributed by atoms with Gasteiger partial charge in [-0.1, -0.05) is 41.9 Å². The molecule has 2 rings (SSSR count). The highest BCUT2D eigenvalue weighted by Gasteiger charge is 2.26. The summed E-state index contributed by atoms with van der Waals surface area (Å²) in [6.07, 6.45) is 0. The maximum Gasteiger partial charge on any atom is 0.261 e. The number of nitrogens with zero attached hydrogens (tertiary/aromatic N) is 1. The number of carbonyl (C=O) groups excluding carboxylic acids is 2. The van der Waals surface area contributed by atoms with Crippen LogP contribution < -0.4 is 10.1 Å². The van der Waals surface area contributed by atoms with Crippen molar-refractivity contribution in [2.75, 3.05) is 13.2 Å². The van der Waals surface area contributed by atoms with Crippen LogP contribution >= 0.6 is 11.6 Å². The van der Waals surface area contributed by atoms with Crippen molar-refractivity contribution in [2.45, 2.75) is 40.3 Å². The summed E-state index contributed by atoms with van der Waals surface area (Å²) < 4.78 is 5.76. The molecule has 0 heterocycles. The van der Waals surface area contributed by atoms with E-state index in [4.69, 9.17) is 16.3 Å². The number of rotatable bonds is 8. The highest BCUT2D eigenvalue weighted by molar-refractivity contribution is 6.31. The standard InChI is InChI=1S/C22H27ClN2O3/c1-5-24-22(27)17(4)25(13-18-10-6-7-11-19(18)23)21(26)14-28-20-12-8-9-15(2)16(20)3/h6-12,17H,5,13-14H2,1-4H3,(H,24,27). The number of hydrogen-bond acceptors (Lipinski definition) is 3. The molecular formula is C22H27ClN2O3. The molecule has 0 saturated carbocycles. The molecule has 0 bridgehead atoms. The maximum atomic E-state index is 13.0. The number of likely N-dealkylation sites (N-methyl/N-ethyl adjacent to an activating group) is 1. The number of aryl methyl sites for hydroxylation is 1. The molecule has 2 aromatic carbocycles. The molecule has 1 atom stereocenters. The zero-order chi connectivity index (χ0) is 20.7. The molecule has 0 saturated heterocycles. The summed E-state index contributed by atoms with van der Waals surface area (Å²) in [4.78, 5) is 26.8. The second kappa shape index (κ2) is 10.1. The minimum atomic E-state index is -0.647. The molecule has 0 radical (unpaired) electrons. The average Bonchev–Trinajstić information content (AvgIpc) is 2.68. The van der Waals surface area contributed by atoms with Crippen molar-refractivity contribution in [1.82, 2.24) is 10.2 Å². The lowest BCUT2D eigenvalue weighted by Gasteiger charge is -2.29. The quantitative estimate of drug-likeness (QED) is 0.728. The smallest absolute Gasteiger partial charge is 0.261 e. The zero-order valence-corrected chi connectivity index (χ0v) is 17.5. The summed E-state index contributed by atoms with van der Waals surface area (Å²) in [6.45, 7) is 8.06. The average molecular weight is 403 g/mol. The van der Waals surface area contributed by atoms with Gasteiger partial charge in [-0.25, -0.2) is 0 Å². The molecule has 0 aliphatic rings. The van der Waals surface area contributed by atoms with Gasteiger partial charge >= 0.3 is 0 Å². The molecule has 1 unspecified atom stereocenters. The van der Waals surface area contributed by atoms with Gasteiger partial charge in [0.25, 0.3) is 5.91 Å². The SMILES string of the molecule is CCNC(=O)C(C)N(Cc1ccccc1Cl)C(=O)COc1cccc(C)c1C. The number of carbonyl (C=O) groups is 2. The van der Waals surface area contributed by atoms with Crippen LogP contribution in [-0.4, -0.2) is 35.9 Å². The van der Waals surface area contributed by atoms with Crippen LogP contribution in [0.1, 0.15) is 30.5 Å². The number of hydrogen-bond donors (Lipinski definition) is 1. The molecule has 28 heavy (non-hydrogen) atoms. The first-order valence-corrected chi connectivity index (χ1v) is 9.72. The largest absolute Gasteiger partial charge is 0.483 e. The molecule has 150 valence electrons. The van der Waals surface area contributed by atoms with Crippen LogP contribution in [0.2, 0.25) is 5.02 Å². The maximum absolute atomic E-state index is 13.0. The van der Waals surface area contributed by atoms with E-state index in [9.17, 15) is 9.59 Å². The molecule has 0 spiro atoms. The van der Waals surface area contributed by atoms with Crippen LogP contribution in [0.5, 0.6) is 5.75 Å². The Morgan fingerprint density at radius 1 is 1.14 bits per heavy atom. The lowest BCUT2D eigenvalue weighted by Crippen LogP contribution is -2.49. The van der Waals surface area contributed by atoms with E-state index >= 15 is 0 Å². The van der Waals surface area contributed by atoms with Gasteiger partial charge in [-0.3, -0.25) is 9.59 Å². The second-order valence-corrected chi connectivity index (χ2v) is 7.08. The normalized spacial score (nSPS) is 11.6. The Morgan fingerprint density at radius 3 is 2.54 bits per heavy atom. The highest BCUT2D eigenvalue weighted by Crippen LogP contribution is 2.22. The molecule has 0 aliphatic carbocycles. The molecular weight excluding hydrogens is 376 g/mol. The molecule has 0 aromatic heterocycles. The van der Waals surface area contributed by atoms with Crippen molar-refractivity contribution in [3.8, 4) is 5.75 Å². The van der Waals surface area contributed by atoms with Gasteiger partial charge in [0.2, 0.25) is 5.91 Å². The van der Waals surface area contributed by atoms with E-state index in [2.05, 4.69) is 5.32 Å². The van der Waals surface area contributed by atoms with Crippen LogP contribution in [0.15, 0.2) is 42.5 Å². The summed E-state index contributed by atoms with van der Waals surface area (Å²) >= 11 is 6.26. The first-order valence-electron chi connectivity index (χ1n) is 9.34. The van der Waals surface area contributed by atoms with Gasteiger partial charge in [-0.15, -0.1) is 0 Å². The third-order valence-corrected chi connectivity index (χ3v) is 5.09. The van der Waals surface area contributed by atoms with Crippen molar-refractivity contribution in [3.05, 3.63) is 64.2 Å². The topological polar surface area (TPSA) is 58.6 Å². The number of ether oxygens (including phenoxy) is 1. The van der Waals surface area contributed by atoms with Gasteiger partial charge in [0, 0.05) is 18.1 Å². The molecule has 0 fully saturated rings. The van der Waals surface area contributed by atoms with Crippen LogP contribution in [0.3, 0.4) is 0 Å². The molecule has 2 amide bonds. The number of amides is 2. The Balaban J connectivity index is 2.19. The minimum absolute atomic E-state index is 0.154. The number of halogens is 1. The third kappa shape index (κ3) is 5.49. The first-order chi connectivity index (χ1) is 13.3. The van der Waals surface area contributed by atoms with Crippen molar-refractivity contribution in [2.24, 2.45) is 0 Å². The molecule has 5 nitrogen and oxygen atoms in total. The van der Waals surface area contributed by atoms with Crippen molar-refractivity contribution < 1.29 is 14.3 Å². The Morgan fingerprint density at radius 2 is 1.86 bits per heavy atom. The van der Waals surface area contributed by atoms with Gasteiger partial charge in [-0.05, 0) is 56.5 Å². The van der Waals surface area contributed by atoms with Gasteiger partial charge in [0.05, 0.1) is 0 Å². The van der Waals surface area contributed by atoms with Gasteiger partial charge in [0.15, 0.2) is 6.61 Å². The van der Waals surface area contributed by atoms with E-state index < -0.39 is 6.04 Å². The lowest BCUT2D eigenvalue weighted by atomic mass is 10.1. The Kier molecular flexibility index (Phi) is 7.88. The first kappa shape index (κ1) is 21.8. The number of nitrogens with one attached hydrogen (secondary N) is 1. The predicted molar refractivity (Wildman–Crippen MR) is 112 cm³/mol. The van der Waals surface area contributed by atoms with E-state index in [0.717, 1.165) is 16.7 Å². The Labute approximate surface area is 171 Å². The summed E-state index contributed by atoms with van der Waals surface area (Å²) in [5.41, 5.74) is 2.86. The fourth-order valence-electron chi connectivity index (χ4n) is 2.82. The highest BCUT2D eigenvalue weighted by atomic mass is 35.5. The van der Waals surface area contributed by atoms with Gasteiger partial charge in [0.1, 0.15) is 11.8 Å². The van der Waals surface area contributed by atoms with Gasteiger partial charge < -0.3 is 15.0 Å². The van der Waals surface area contributed by atoms with Crippen molar-refractivity contribution in [3.63, 3.8) is 0 Å². The molecule has 1 N–H and O–H groups in total. The molecule has 6 heteroatoms. The van der Waals surface area contributed by atoms with E-state index in [0.29, 0.717) is 17.3 Å². The number of benzene rings is 2. The van der Waals surface area contributed by atoms with Crippen LogP contribution in [0.25, 0.3) is 0 Å². The molecule has 2 aromatic rings. The van der Waals surface area contributed by atoms with E-state index in [1.807, 2.05) is 57.2 Å². The Hall–Kier alpha value is -2.53. The second-order valence-electron chi connectivity index (χ2n) is 6.67. The minimum Gasteiger partial charge on any atom is -0.483 e. The van der Waals surface area contributed by atoms with Crippen molar-refractivity contribution in [1.29, 1.82) is 0 Å². The Bertz CT molecular complexity index is 838. The van der Waals surface area contributed by atoms with Crippen LogP contribution in [0, 0.1) is 13.8 Å². The van der Waals surface area contributed by atoms with Crippen LogP contribution in [-0.2, 0) is 16.1 Å². The molecule has 0 aliphatic heterocycles. The zero-order valence-electron chi connectivity index (χ0n) is 16.8. The predicted octanol–water partition coefficient (Wildman–Crippen LogP) is 3.89. The lowest BCUT2D eigenvalue weighted by molar-refractivity contribution is -0.142. The van der Waals surface area contributed by atoms with Crippen molar-refractivity contribution >= 4 is 23.4 Å². The summed E-state index contributed by atoms with van der Waals surface area (Å²) in [5, 5.41) is 3.32. The van der Waals surface area contributed by atoms with E-state index in [1.54, 1.807) is 13.0 Å². The third-order valence-electron chi connectivity index (χ3n) is 4.72. The van der Waals surface area contributed by atoms with Gasteiger partial charge in [-0.2, -0.15) is 0 Å². The summed E-state index contributed by atoms with van der Waals surface area (Å²) in [7, 11) is 0. The fraction of sp³-hybridized carbons (Fsp3) is 0.364. The monoisotopic (exact) mass is 402 g/mol. The summed E-state index contributed by atoms with van der Waals surface area (Å²) in [6, 6.07) is 12.4. The fourth-order valence-corrected chi connectivity index (χ4v) is 3.01. The van der Waals surface area contributed by atoms with E-state index in [1.165, 1.54) is 4.90 Å².